The lowest BCUT2D eigenvalue weighted by molar-refractivity contribution is 0.414. The van der Waals surface area contributed by atoms with Crippen molar-refractivity contribution in [3.8, 4) is 17.2 Å². The third-order valence-electron chi connectivity index (χ3n) is 3.71. The highest BCUT2D eigenvalue weighted by Gasteiger charge is 2.15. The fraction of sp³-hybridized carbons (Fsp3) is 0.412. The van der Waals surface area contributed by atoms with Crippen molar-refractivity contribution in [2.75, 3.05) is 7.11 Å². The van der Waals surface area contributed by atoms with Crippen molar-refractivity contribution in [2.24, 2.45) is 0 Å². The number of aryl methyl sites for hydroxylation is 1. The molecule has 0 amide bonds. The third-order valence-corrected chi connectivity index (χ3v) is 4.66. The van der Waals surface area contributed by atoms with E-state index >= 15 is 0 Å². The van der Waals surface area contributed by atoms with E-state index in [1.54, 1.807) is 18.9 Å². The van der Waals surface area contributed by atoms with E-state index in [2.05, 4.69) is 38.8 Å². The van der Waals surface area contributed by atoms with Gasteiger partial charge >= 0.3 is 0 Å². The Morgan fingerprint density at radius 1 is 1.12 bits per heavy atom. The summed E-state index contributed by atoms with van der Waals surface area (Å²) in [6.07, 6.45) is 1.98. The molecule has 0 saturated heterocycles. The number of hydrogen-bond acceptors (Lipinski definition) is 7. The van der Waals surface area contributed by atoms with Crippen LogP contribution in [0.2, 0.25) is 0 Å². The second-order valence-corrected chi connectivity index (χ2v) is 6.33. The van der Waals surface area contributed by atoms with Crippen LogP contribution in [0.1, 0.15) is 32.0 Å². The maximum absolute atomic E-state index is 5.78. The molecule has 7 nitrogen and oxygen atoms in total. The SMILES string of the molecule is CCCc1nnc(SCc2nnc(-c3ccccc3OC)o2)n1CC. The summed E-state index contributed by atoms with van der Waals surface area (Å²) in [6, 6.07) is 7.58. The van der Waals surface area contributed by atoms with Crippen LogP contribution in [-0.4, -0.2) is 32.1 Å². The Morgan fingerprint density at radius 2 is 1.96 bits per heavy atom. The molecule has 0 spiro atoms. The Kier molecular flexibility index (Phi) is 5.70. The molecular formula is C17H21N5O2S. The van der Waals surface area contributed by atoms with Gasteiger partial charge in [0.2, 0.25) is 5.89 Å². The van der Waals surface area contributed by atoms with Crippen LogP contribution in [-0.2, 0) is 18.7 Å². The van der Waals surface area contributed by atoms with E-state index in [4.69, 9.17) is 9.15 Å². The van der Waals surface area contributed by atoms with E-state index < -0.39 is 0 Å². The average molecular weight is 359 g/mol. The molecule has 0 fully saturated rings. The van der Waals surface area contributed by atoms with Gasteiger partial charge in [0, 0.05) is 13.0 Å². The van der Waals surface area contributed by atoms with Crippen LogP contribution in [0.15, 0.2) is 33.8 Å². The van der Waals surface area contributed by atoms with Gasteiger partial charge in [-0.15, -0.1) is 20.4 Å². The Labute approximate surface area is 150 Å². The van der Waals surface area contributed by atoms with Gasteiger partial charge in [-0.25, -0.2) is 0 Å². The largest absolute Gasteiger partial charge is 0.496 e. The van der Waals surface area contributed by atoms with Gasteiger partial charge < -0.3 is 13.7 Å². The molecule has 0 radical (unpaired) electrons. The number of thioether (sulfide) groups is 1. The molecule has 2 heterocycles. The van der Waals surface area contributed by atoms with Gasteiger partial charge in [0.25, 0.3) is 5.89 Å². The lowest BCUT2D eigenvalue weighted by Gasteiger charge is -2.05. The minimum atomic E-state index is 0.455. The van der Waals surface area contributed by atoms with Crippen LogP contribution in [0.5, 0.6) is 5.75 Å². The zero-order valence-corrected chi connectivity index (χ0v) is 15.4. The van der Waals surface area contributed by atoms with Crippen LogP contribution in [0.3, 0.4) is 0 Å². The van der Waals surface area contributed by atoms with E-state index in [0.717, 1.165) is 35.9 Å². The van der Waals surface area contributed by atoms with Crippen LogP contribution in [0.4, 0.5) is 0 Å². The highest BCUT2D eigenvalue weighted by atomic mass is 32.2. The lowest BCUT2D eigenvalue weighted by Crippen LogP contribution is -2.03. The number of para-hydroxylation sites is 1. The van der Waals surface area contributed by atoms with Crippen LogP contribution >= 0.6 is 11.8 Å². The van der Waals surface area contributed by atoms with Crippen LogP contribution < -0.4 is 4.74 Å². The maximum atomic E-state index is 5.78. The molecule has 0 aliphatic carbocycles. The molecule has 3 aromatic rings. The molecule has 0 bridgehead atoms. The van der Waals surface area contributed by atoms with Gasteiger partial charge in [-0.3, -0.25) is 0 Å². The van der Waals surface area contributed by atoms with Crippen molar-refractivity contribution >= 4 is 11.8 Å². The van der Waals surface area contributed by atoms with Gasteiger partial charge in [-0.05, 0) is 25.5 Å². The van der Waals surface area contributed by atoms with Crippen molar-refractivity contribution in [3.05, 3.63) is 36.0 Å². The summed E-state index contributed by atoms with van der Waals surface area (Å²) < 4.78 is 13.3. The van der Waals surface area contributed by atoms with E-state index in [1.807, 2.05) is 24.3 Å². The number of hydrogen-bond donors (Lipinski definition) is 0. The molecule has 0 saturated carbocycles. The summed E-state index contributed by atoms with van der Waals surface area (Å²) in [5.41, 5.74) is 0.788. The predicted molar refractivity (Wildman–Crippen MR) is 95.5 cm³/mol. The van der Waals surface area contributed by atoms with Crippen molar-refractivity contribution in [2.45, 2.75) is 44.1 Å². The molecule has 0 atom stereocenters. The first-order valence-electron chi connectivity index (χ1n) is 8.27. The maximum Gasteiger partial charge on any atom is 0.251 e. The number of nitrogens with zero attached hydrogens (tertiary/aromatic N) is 5. The summed E-state index contributed by atoms with van der Waals surface area (Å²) in [5, 5.41) is 17.7. The normalized spacial score (nSPS) is 11.0. The van der Waals surface area contributed by atoms with Crippen LogP contribution in [0, 0.1) is 0 Å². The predicted octanol–water partition coefficient (Wildman–Crippen LogP) is 3.60. The molecular weight excluding hydrogens is 338 g/mol. The molecule has 1 aromatic carbocycles. The van der Waals surface area contributed by atoms with Gasteiger partial charge in [0.15, 0.2) is 5.16 Å². The van der Waals surface area contributed by atoms with E-state index in [1.165, 1.54) is 0 Å². The van der Waals surface area contributed by atoms with Crippen molar-refractivity contribution in [3.63, 3.8) is 0 Å². The van der Waals surface area contributed by atoms with Gasteiger partial charge in [0.05, 0.1) is 18.4 Å². The topological polar surface area (TPSA) is 78.9 Å². The molecule has 0 aliphatic heterocycles. The number of ether oxygens (including phenoxy) is 1. The quantitative estimate of drug-likeness (QED) is 0.569. The number of benzene rings is 1. The number of aromatic nitrogens is 5. The minimum absolute atomic E-state index is 0.455. The molecule has 8 heteroatoms. The molecule has 25 heavy (non-hydrogen) atoms. The molecule has 0 N–H and O–H groups in total. The Balaban J connectivity index is 1.72. The highest BCUT2D eigenvalue weighted by molar-refractivity contribution is 7.98. The van der Waals surface area contributed by atoms with E-state index in [0.29, 0.717) is 23.3 Å². The van der Waals surface area contributed by atoms with E-state index in [9.17, 15) is 0 Å². The number of rotatable bonds is 8. The summed E-state index contributed by atoms with van der Waals surface area (Å²) in [6.45, 7) is 5.08. The lowest BCUT2D eigenvalue weighted by atomic mass is 10.2. The first-order chi connectivity index (χ1) is 12.3. The van der Waals surface area contributed by atoms with E-state index in [-0.39, 0.29) is 0 Å². The standard InChI is InChI=1S/C17H21N5O2S/c1-4-8-14-18-21-17(22(14)5-2)25-11-15-19-20-16(24-15)12-9-6-7-10-13(12)23-3/h6-7,9-10H,4-5,8,11H2,1-3H3. The summed E-state index contributed by atoms with van der Waals surface area (Å²) in [4.78, 5) is 0. The fourth-order valence-corrected chi connectivity index (χ4v) is 3.38. The highest BCUT2D eigenvalue weighted by Crippen LogP contribution is 2.29. The van der Waals surface area contributed by atoms with Crippen molar-refractivity contribution < 1.29 is 9.15 Å². The zero-order valence-electron chi connectivity index (χ0n) is 14.6. The first kappa shape index (κ1) is 17.5. The van der Waals surface area contributed by atoms with Crippen LogP contribution in [0.25, 0.3) is 11.5 Å². The second kappa shape index (κ2) is 8.15. The molecule has 2 aromatic heterocycles. The zero-order chi connectivity index (χ0) is 17.6. The molecule has 132 valence electrons. The Morgan fingerprint density at radius 3 is 2.72 bits per heavy atom. The fourth-order valence-electron chi connectivity index (χ4n) is 2.52. The monoisotopic (exact) mass is 359 g/mol. The third kappa shape index (κ3) is 3.84. The molecule has 0 unspecified atom stereocenters. The smallest absolute Gasteiger partial charge is 0.251 e. The molecule has 0 aliphatic rings. The van der Waals surface area contributed by atoms with Crippen molar-refractivity contribution in [1.29, 1.82) is 0 Å². The summed E-state index contributed by atoms with van der Waals surface area (Å²) in [5.74, 6) is 3.28. The summed E-state index contributed by atoms with van der Waals surface area (Å²) in [7, 11) is 1.62. The number of methoxy groups -OCH3 is 1. The second-order valence-electron chi connectivity index (χ2n) is 5.38. The van der Waals surface area contributed by atoms with Gasteiger partial charge in [0.1, 0.15) is 11.6 Å². The van der Waals surface area contributed by atoms with Gasteiger partial charge in [-0.2, -0.15) is 0 Å². The first-order valence-corrected chi connectivity index (χ1v) is 9.26. The molecule has 3 rings (SSSR count). The summed E-state index contributed by atoms with van der Waals surface area (Å²) >= 11 is 1.55. The minimum Gasteiger partial charge on any atom is -0.496 e. The average Bonchev–Trinajstić information content (AvgIpc) is 3.27. The Hall–Kier alpha value is -2.35. The van der Waals surface area contributed by atoms with Gasteiger partial charge in [-0.1, -0.05) is 30.8 Å². The van der Waals surface area contributed by atoms with Crippen molar-refractivity contribution in [1.82, 2.24) is 25.0 Å². The Bertz CT molecular complexity index is 830.